The number of rotatable bonds is 6. The van der Waals surface area contributed by atoms with Crippen LogP contribution in [0.5, 0.6) is 5.88 Å². The van der Waals surface area contributed by atoms with E-state index in [1.165, 1.54) is 0 Å². The number of hydrogen-bond donors (Lipinski definition) is 0. The van der Waals surface area contributed by atoms with Crippen LogP contribution in [0.2, 0.25) is 18.1 Å². The van der Waals surface area contributed by atoms with Crippen molar-refractivity contribution in [3.8, 4) is 5.88 Å². The predicted molar refractivity (Wildman–Crippen MR) is 137 cm³/mol. The molecule has 0 aliphatic carbocycles. The molecule has 0 saturated carbocycles. The van der Waals surface area contributed by atoms with E-state index in [-0.39, 0.29) is 16.5 Å². The molecule has 2 aromatic rings. The van der Waals surface area contributed by atoms with Gasteiger partial charge in [0, 0.05) is 49.7 Å². The largest absolute Gasteiger partial charge is 0.472 e. The normalized spacial score (nSPS) is 15.7. The Labute approximate surface area is 200 Å². The summed E-state index contributed by atoms with van der Waals surface area (Å²) in [4.78, 5) is 8.77. The second-order valence-corrected chi connectivity index (χ2v) is 16.1. The van der Waals surface area contributed by atoms with Crippen molar-refractivity contribution in [3.05, 3.63) is 47.9 Å². The summed E-state index contributed by atoms with van der Waals surface area (Å²) in [5, 5.41) is 0.0994. The summed E-state index contributed by atoms with van der Waals surface area (Å²) in [6.45, 7) is 20.5. The van der Waals surface area contributed by atoms with E-state index in [1.807, 2.05) is 51.1 Å². The van der Waals surface area contributed by atoms with Gasteiger partial charge in [-0.25, -0.2) is 9.37 Å². The number of halogens is 1. The fourth-order valence-electron chi connectivity index (χ4n) is 3.57. The molecular formula is C26H40FN3O2Si. The average molecular weight is 474 g/mol. The summed E-state index contributed by atoms with van der Waals surface area (Å²) >= 11 is 0. The molecule has 1 aromatic carbocycles. The zero-order valence-electron chi connectivity index (χ0n) is 21.5. The van der Waals surface area contributed by atoms with Crippen molar-refractivity contribution in [2.75, 3.05) is 36.0 Å². The number of anilines is 2. The molecular weight excluding hydrogens is 433 g/mol. The summed E-state index contributed by atoms with van der Waals surface area (Å²) in [7, 11) is -1.94. The van der Waals surface area contributed by atoms with Gasteiger partial charge in [0.2, 0.25) is 5.88 Å². The highest BCUT2D eigenvalue weighted by molar-refractivity contribution is 6.74. The van der Waals surface area contributed by atoms with E-state index in [0.29, 0.717) is 23.7 Å². The second kappa shape index (κ2) is 9.62. The molecule has 0 bridgehead atoms. The number of hydrogen-bond acceptors (Lipinski definition) is 5. The third-order valence-corrected chi connectivity index (χ3v) is 11.0. The topological polar surface area (TPSA) is 37.8 Å². The van der Waals surface area contributed by atoms with Gasteiger partial charge >= 0.3 is 0 Å². The van der Waals surface area contributed by atoms with Crippen LogP contribution >= 0.6 is 0 Å². The molecule has 1 saturated heterocycles. The molecule has 182 valence electrons. The van der Waals surface area contributed by atoms with Crippen LogP contribution in [0.4, 0.5) is 15.8 Å². The average Bonchev–Trinajstić information content (AvgIpc) is 2.71. The molecule has 1 aliphatic heterocycles. The highest BCUT2D eigenvalue weighted by atomic mass is 28.4. The lowest BCUT2D eigenvalue weighted by molar-refractivity contribution is 0.124. The minimum absolute atomic E-state index is 0.0994. The molecule has 0 atom stereocenters. The molecule has 5 nitrogen and oxygen atoms in total. The maximum Gasteiger partial charge on any atom is 0.215 e. The molecule has 2 heterocycles. The van der Waals surface area contributed by atoms with Crippen LogP contribution < -0.4 is 14.5 Å². The van der Waals surface area contributed by atoms with Crippen molar-refractivity contribution in [2.24, 2.45) is 0 Å². The molecule has 1 aromatic heterocycles. The molecule has 0 amide bonds. The van der Waals surface area contributed by atoms with Gasteiger partial charge in [-0.05, 0) is 51.0 Å². The molecule has 33 heavy (non-hydrogen) atoms. The van der Waals surface area contributed by atoms with E-state index < -0.39 is 8.32 Å². The minimum atomic E-state index is -1.94. The van der Waals surface area contributed by atoms with E-state index in [1.54, 1.807) is 6.20 Å². The van der Waals surface area contributed by atoms with Gasteiger partial charge in [-0.3, -0.25) is 0 Å². The van der Waals surface area contributed by atoms with E-state index in [2.05, 4.69) is 48.6 Å². The summed E-state index contributed by atoms with van der Waals surface area (Å²) in [6.07, 6.45) is 1.79. The lowest BCUT2D eigenvalue weighted by atomic mass is 10.1. The standard InChI is InChI=1S/C26H40FN3O2Si/c1-25(2,3)32-23-18-21(12-13-28-23)29-14-16-30(17-15-29)22-11-9-10-20(24(22)27)19-31-33(7,8)26(4,5)6/h9-13,18H,14-17,19H2,1-8H3. The first-order chi connectivity index (χ1) is 15.3. The third kappa shape index (κ3) is 6.48. The Morgan fingerprint density at radius 1 is 0.970 bits per heavy atom. The minimum Gasteiger partial charge on any atom is -0.472 e. The maximum atomic E-state index is 15.4. The van der Waals surface area contributed by atoms with Crippen LogP contribution in [0, 0.1) is 5.82 Å². The lowest BCUT2D eigenvalue weighted by Crippen LogP contribution is -2.47. The first-order valence-electron chi connectivity index (χ1n) is 11.8. The van der Waals surface area contributed by atoms with Crippen LogP contribution in [-0.4, -0.2) is 45.1 Å². The first-order valence-corrected chi connectivity index (χ1v) is 14.7. The number of aromatic nitrogens is 1. The Morgan fingerprint density at radius 2 is 1.61 bits per heavy atom. The van der Waals surface area contributed by atoms with Crippen molar-refractivity contribution >= 4 is 19.7 Å². The molecule has 1 fully saturated rings. The fourth-order valence-corrected chi connectivity index (χ4v) is 4.52. The molecule has 0 radical (unpaired) electrons. The summed E-state index contributed by atoms with van der Waals surface area (Å²) < 4.78 is 27.6. The Balaban J connectivity index is 1.66. The second-order valence-electron chi connectivity index (χ2n) is 11.3. The van der Waals surface area contributed by atoms with Crippen LogP contribution in [0.3, 0.4) is 0 Å². The van der Waals surface area contributed by atoms with Gasteiger partial charge in [0.25, 0.3) is 0 Å². The van der Waals surface area contributed by atoms with Crippen molar-refractivity contribution in [3.63, 3.8) is 0 Å². The van der Waals surface area contributed by atoms with Gasteiger partial charge in [-0.1, -0.05) is 32.9 Å². The molecule has 0 spiro atoms. The van der Waals surface area contributed by atoms with Crippen LogP contribution in [-0.2, 0) is 11.0 Å². The highest BCUT2D eigenvalue weighted by Gasteiger charge is 2.37. The van der Waals surface area contributed by atoms with E-state index in [9.17, 15) is 0 Å². The third-order valence-electron chi connectivity index (χ3n) is 6.57. The molecule has 0 unspecified atom stereocenters. The number of benzene rings is 1. The number of nitrogens with zero attached hydrogens (tertiary/aromatic N) is 3. The summed E-state index contributed by atoms with van der Waals surface area (Å²) in [6, 6.07) is 9.65. The highest BCUT2D eigenvalue weighted by Crippen LogP contribution is 2.37. The number of pyridine rings is 1. The van der Waals surface area contributed by atoms with Crippen LogP contribution in [0.25, 0.3) is 0 Å². The Morgan fingerprint density at radius 3 is 2.21 bits per heavy atom. The molecule has 1 aliphatic rings. The molecule has 3 rings (SSSR count). The zero-order chi connectivity index (χ0) is 24.4. The van der Waals surface area contributed by atoms with E-state index in [0.717, 1.165) is 31.9 Å². The van der Waals surface area contributed by atoms with Crippen LogP contribution in [0.1, 0.15) is 47.1 Å². The van der Waals surface area contributed by atoms with Crippen molar-refractivity contribution in [1.82, 2.24) is 4.98 Å². The SMILES string of the molecule is CC(C)(C)Oc1cc(N2CCN(c3cccc(CO[Si](C)(C)C(C)(C)C)c3F)CC2)ccn1. The van der Waals surface area contributed by atoms with Gasteiger partial charge in [0.05, 0.1) is 12.3 Å². The van der Waals surface area contributed by atoms with E-state index in [4.69, 9.17) is 9.16 Å². The maximum absolute atomic E-state index is 15.4. The van der Waals surface area contributed by atoms with Gasteiger partial charge in [-0.2, -0.15) is 0 Å². The van der Waals surface area contributed by atoms with Crippen molar-refractivity contribution in [2.45, 2.75) is 71.9 Å². The monoisotopic (exact) mass is 473 g/mol. The summed E-state index contributed by atoms with van der Waals surface area (Å²) in [5.74, 6) is 0.470. The Kier molecular flexibility index (Phi) is 7.44. The Hall–Kier alpha value is -2.12. The zero-order valence-corrected chi connectivity index (χ0v) is 22.5. The quantitative estimate of drug-likeness (QED) is 0.464. The molecule has 0 N–H and O–H groups in total. The van der Waals surface area contributed by atoms with Crippen LogP contribution in [0.15, 0.2) is 36.5 Å². The van der Waals surface area contributed by atoms with E-state index >= 15 is 4.39 Å². The Bertz CT molecular complexity index is 945. The van der Waals surface area contributed by atoms with Gasteiger partial charge < -0.3 is 19.0 Å². The van der Waals surface area contributed by atoms with Crippen molar-refractivity contribution < 1.29 is 13.6 Å². The van der Waals surface area contributed by atoms with Gasteiger partial charge in [0.15, 0.2) is 14.1 Å². The number of ether oxygens (including phenoxy) is 1. The van der Waals surface area contributed by atoms with Gasteiger partial charge in [0.1, 0.15) is 5.60 Å². The smallest absolute Gasteiger partial charge is 0.215 e. The number of piperazine rings is 1. The predicted octanol–water partition coefficient (Wildman–Crippen LogP) is 6.25. The lowest BCUT2D eigenvalue weighted by Gasteiger charge is -2.38. The van der Waals surface area contributed by atoms with Crippen molar-refractivity contribution in [1.29, 1.82) is 0 Å². The van der Waals surface area contributed by atoms with Gasteiger partial charge in [-0.15, -0.1) is 0 Å². The fraction of sp³-hybridized carbons (Fsp3) is 0.577. The first kappa shape index (κ1) is 25.5. The molecule has 7 heteroatoms. The summed E-state index contributed by atoms with van der Waals surface area (Å²) in [5.41, 5.74) is 2.09.